The second kappa shape index (κ2) is 21.5. The summed E-state index contributed by atoms with van der Waals surface area (Å²) in [6, 6.07) is 0.343. The Balaban J connectivity index is -0.00000180. The van der Waals surface area contributed by atoms with E-state index in [1.165, 1.54) is 83.5 Å². The highest BCUT2D eigenvalue weighted by molar-refractivity contribution is 5.85. The van der Waals surface area contributed by atoms with Gasteiger partial charge >= 0.3 is 0 Å². The molecule has 4 heteroatoms. The van der Waals surface area contributed by atoms with Crippen LogP contribution >= 0.6 is 24.8 Å². The number of hydrogen-bond donors (Lipinski definition) is 2. The summed E-state index contributed by atoms with van der Waals surface area (Å²) in [7, 11) is 0. The van der Waals surface area contributed by atoms with Gasteiger partial charge in [0.05, 0.1) is 0 Å². The Kier molecular flexibility index (Phi) is 26.7. The van der Waals surface area contributed by atoms with Gasteiger partial charge in [-0.2, -0.15) is 0 Å². The van der Waals surface area contributed by atoms with Gasteiger partial charge in [-0.3, -0.25) is 0 Å². The Bertz CT molecular complexity index is 190. The molecule has 0 radical (unpaired) electrons. The molecule has 0 unspecified atom stereocenters. The van der Waals surface area contributed by atoms with Crippen LogP contribution in [0.15, 0.2) is 0 Å². The van der Waals surface area contributed by atoms with Gasteiger partial charge in [0.15, 0.2) is 0 Å². The second-order valence-electron chi connectivity index (χ2n) is 6.55. The van der Waals surface area contributed by atoms with Gasteiger partial charge in [0.1, 0.15) is 0 Å². The second-order valence-corrected chi connectivity index (χ2v) is 6.55. The van der Waals surface area contributed by atoms with E-state index in [1.807, 2.05) is 6.92 Å². The molecule has 4 N–H and O–H groups in total. The van der Waals surface area contributed by atoms with Crippen LogP contribution in [-0.2, 0) is 0 Å². The maximum absolute atomic E-state index is 5.93. The predicted molar refractivity (Wildman–Crippen MR) is 106 cm³/mol. The first-order valence-electron chi connectivity index (χ1n) is 9.19. The molecule has 0 aromatic heterocycles. The predicted octanol–water partition coefficient (Wildman–Crippen LogP) is 5.99. The van der Waals surface area contributed by atoms with Crippen molar-refractivity contribution in [3.8, 4) is 0 Å². The lowest BCUT2D eigenvalue weighted by Crippen LogP contribution is -2.38. The number of nitrogens with two attached hydrogens (primary N) is 2. The van der Waals surface area contributed by atoms with Gasteiger partial charge in [-0.1, -0.05) is 90.4 Å². The molecule has 0 aliphatic carbocycles. The maximum atomic E-state index is 5.93. The fraction of sp³-hybridized carbons (Fsp3) is 1.00. The SMILES string of the molecule is CCCCCCCCCCCCCCC[C@H](N)[C@H](C)N.Cl.Cl. The van der Waals surface area contributed by atoms with E-state index in [4.69, 9.17) is 11.5 Å². The topological polar surface area (TPSA) is 52.0 Å². The molecule has 0 saturated carbocycles. The third-order valence-electron chi connectivity index (χ3n) is 4.32. The molecule has 2 atom stereocenters. The molecule has 0 aliphatic heterocycles. The Hall–Kier alpha value is 0.500. The van der Waals surface area contributed by atoms with Crippen LogP contribution in [0.1, 0.15) is 104 Å². The zero-order valence-corrected chi connectivity index (χ0v) is 16.7. The first-order valence-corrected chi connectivity index (χ1v) is 9.19. The van der Waals surface area contributed by atoms with Crippen LogP contribution in [0.4, 0.5) is 0 Å². The van der Waals surface area contributed by atoms with Crippen LogP contribution < -0.4 is 11.5 Å². The number of unbranched alkanes of at least 4 members (excludes halogenated alkanes) is 12. The molecule has 0 heterocycles. The molecule has 22 heavy (non-hydrogen) atoms. The molecular weight excluding hydrogens is 315 g/mol. The Morgan fingerprint density at radius 2 is 0.909 bits per heavy atom. The van der Waals surface area contributed by atoms with E-state index in [0.717, 1.165) is 6.42 Å². The Labute approximate surface area is 152 Å². The van der Waals surface area contributed by atoms with Gasteiger partial charge in [0.25, 0.3) is 0 Å². The summed E-state index contributed by atoms with van der Waals surface area (Å²) < 4.78 is 0. The molecule has 0 fully saturated rings. The number of rotatable bonds is 15. The van der Waals surface area contributed by atoms with Gasteiger partial charge in [0, 0.05) is 12.1 Å². The normalized spacial score (nSPS) is 13.1. The highest BCUT2D eigenvalue weighted by atomic mass is 35.5. The molecule has 138 valence electrons. The fourth-order valence-electron chi connectivity index (χ4n) is 2.66. The van der Waals surface area contributed by atoms with E-state index in [2.05, 4.69) is 6.92 Å². The lowest BCUT2D eigenvalue weighted by atomic mass is 10.0. The molecule has 0 aliphatic rings. The smallest absolute Gasteiger partial charge is 0.0189 e. The summed E-state index contributed by atoms with van der Waals surface area (Å²) in [6.45, 7) is 4.29. The molecular formula is C18H42Cl2N2. The van der Waals surface area contributed by atoms with Crippen LogP contribution in [0.25, 0.3) is 0 Å². The van der Waals surface area contributed by atoms with E-state index in [1.54, 1.807) is 0 Å². The van der Waals surface area contributed by atoms with Crippen molar-refractivity contribution in [1.82, 2.24) is 0 Å². The minimum Gasteiger partial charge on any atom is -0.327 e. The molecule has 0 aromatic rings. The average molecular weight is 357 g/mol. The Morgan fingerprint density at radius 1 is 0.591 bits per heavy atom. The van der Waals surface area contributed by atoms with Gasteiger partial charge in [-0.15, -0.1) is 24.8 Å². The van der Waals surface area contributed by atoms with Gasteiger partial charge in [0.2, 0.25) is 0 Å². The number of halogens is 2. The van der Waals surface area contributed by atoms with Crippen LogP contribution in [-0.4, -0.2) is 12.1 Å². The lowest BCUT2D eigenvalue weighted by molar-refractivity contribution is 0.480. The minimum atomic E-state index is 0. The van der Waals surface area contributed by atoms with Crippen LogP contribution in [0, 0.1) is 0 Å². The number of hydrogen-bond acceptors (Lipinski definition) is 2. The van der Waals surface area contributed by atoms with E-state index in [0.29, 0.717) is 0 Å². The average Bonchev–Trinajstić information content (AvgIpc) is 2.43. The first-order chi connectivity index (χ1) is 9.68. The van der Waals surface area contributed by atoms with Crippen molar-refractivity contribution in [3.05, 3.63) is 0 Å². The van der Waals surface area contributed by atoms with E-state index in [-0.39, 0.29) is 36.9 Å². The highest BCUT2D eigenvalue weighted by Crippen LogP contribution is 2.13. The van der Waals surface area contributed by atoms with Crippen molar-refractivity contribution < 1.29 is 0 Å². The molecule has 0 saturated heterocycles. The lowest BCUT2D eigenvalue weighted by Gasteiger charge is -2.14. The van der Waals surface area contributed by atoms with Crippen LogP contribution in [0.2, 0.25) is 0 Å². The third-order valence-corrected chi connectivity index (χ3v) is 4.32. The van der Waals surface area contributed by atoms with Gasteiger partial charge in [-0.25, -0.2) is 0 Å². The molecule has 2 nitrogen and oxygen atoms in total. The summed E-state index contributed by atoms with van der Waals surface area (Å²) in [5.41, 5.74) is 11.7. The van der Waals surface area contributed by atoms with Crippen molar-refractivity contribution in [3.63, 3.8) is 0 Å². The molecule has 0 aromatic carbocycles. The summed E-state index contributed by atoms with van der Waals surface area (Å²) in [6.07, 6.45) is 19.3. The van der Waals surface area contributed by atoms with Crippen LogP contribution in [0.3, 0.4) is 0 Å². The minimum absolute atomic E-state index is 0. The van der Waals surface area contributed by atoms with Crippen molar-refractivity contribution in [1.29, 1.82) is 0 Å². The molecule has 0 rings (SSSR count). The van der Waals surface area contributed by atoms with Crippen LogP contribution in [0.5, 0.6) is 0 Å². The largest absolute Gasteiger partial charge is 0.327 e. The van der Waals surface area contributed by atoms with Crippen molar-refractivity contribution in [2.45, 2.75) is 116 Å². The van der Waals surface area contributed by atoms with E-state index in [9.17, 15) is 0 Å². The summed E-state index contributed by atoms with van der Waals surface area (Å²) in [5, 5.41) is 0. The first kappa shape index (κ1) is 27.4. The summed E-state index contributed by atoms with van der Waals surface area (Å²) >= 11 is 0. The molecule has 0 amide bonds. The zero-order valence-electron chi connectivity index (χ0n) is 15.0. The Morgan fingerprint density at radius 3 is 1.23 bits per heavy atom. The molecule has 0 spiro atoms. The van der Waals surface area contributed by atoms with Gasteiger partial charge < -0.3 is 11.5 Å². The quantitative estimate of drug-likeness (QED) is 0.354. The highest BCUT2D eigenvalue weighted by Gasteiger charge is 2.06. The van der Waals surface area contributed by atoms with Crippen molar-refractivity contribution in [2.75, 3.05) is 0 Å². The maximum Gasteiger partial charge on any atom is 0.0189 e. The monoisotopic (exact) mass is 356 g/mol. The van der Waals surface area contributed by atoms with Gasteiger partial charge in [-0.05, 0) is 13.3 Å². The van der Waals surface area contributed by atoms with Crippen molar-refractivity contribution in [2.24, 2.45) is 11.5 Å². The summed E-state index contributed by atoms with van der Waals surface area (Å²) in [4.78, 5) is 0. The van der Waals surface area contributed by atoms with E-state index >= 15 is 0 Å². The third kappa shape index (κ3) is 20.5. The fourth-order valence-corrected chi connectivity index (χ4v) is 2.66. The summed E-state index contributed by atoms with van der Waals surface area (Å²) in [5.74, 6) is 0. The van der Waals surface area contributed by atoms with Crippen molar-refractivity contribution >= 4 is 24.8 Å². The zero-order chi connectivity index (χ0) is 15.1. The van der Waals surface area contributed by atoms with E-state index < -0.39 is 0 Å². The molecule has 0 bridgehead atoms. The standard InChI is InChI=1S/C18H40N2.2ClH/c1-3-4-5-6-7-8-9-10-11-12-13-14-15-16-18(20)17(2)19;;/h17-18H,3-16,19-20H2,1-2H3;2*1H/t17-,18-;;/m0../s1.